The first-order valence-electron chi connectivity index (χ1n) is 13.4. The minimum absolute atomic E-state index is 0.00873. The van der Waals surface area contributed by atoms with Gasteiger partial charge in [0, 0.05) is 25.5 Å². The third kappa shape index (κ3) is 4.65. The van der Waals surface area contributed by atoms with Crippen LogP contribution in [0.3, 0.4) is 0 Å². The van der Waals surface area contributed by atoms with Crippen molar-refractivity contribution in [3.63, 3.8) is 0 Å². The van der Waals surface area contributed by atoms with Crippen molar-refractivity contribution in [1.29, 1.82) is 0 Å². The first-order valence-corrected chi connectivity index (χ1v) is 13.4. The first kappa shape index (κ1) is 24.8. The molecule has 0 spiro atoms. The van der Waals surface area contributed by atoms with Gasteiger partial charge in [-0.15, -0.1) is 0 Å². The average molecular weight is 519 g/mol. The molecule has 1 fully saturated rings. The maximum atomic E-state index is 13.5. The summed E-state index contributed by atoms with van der Waals surface area (Å²) in [6, 6.07) is 23.3. The topological polar surface area (TPSA) is 82.6 Å². The summed E-state index contributed by atoms with van der Waals surface area (Å²) in [5, 5.41) is 5.52. The summed E-state index contributed by atoms with van der Waals surface area (Å²) in [5.74, 6) is -0.788. The van der Waals surface area contributed by atoms with Gasteiger partial charge in [-0.3, -0.25) is 24.3 Å². The number of aromatic nitrogens is 1. The standard InChI is InChI=1S/C32H30N4O3/c1-21(25-11-4-8-23-7-2-3-10-26(23)25)34-30(37)24-9-6-18-35(20-24)28-13-5-12-27-29(28)32(39)36(31(27)38)19-22-14-16-33-17-15-22/h2-5,7-8,10-17,21,24H,6,9,18-20H2,1H3,(H,34,37)/t21-,24+/m1/s1. The third-order valence-electron chi connectivity index (χ3n) is 7.85. The largest absolute Gasteiger partial charge is 0.370 e. The van der Waals surface area contributed by atoms with Gasteiger partial charge in [0.1, 0.15) is 0 Å². The Kier molecular flexibility index (Phi) is 6.57. The van der Waals surface area contributed by atoms with E-state index >= 15 is 0 Å². The Morgan fingerprint density at radius 1 is 0.974 bits per heavy atom. The quantitative estimate of drug-likeness (QED) is 0.358. The Hall–Kier alpha value is -4.52. The summed E-state index contributed by atoms with van der Waals surface area (Å²) in [6.07, 6.45) is 4.91. The Balaban J connectivity index is 1.19. The highest BCUT2D eigenvalue weighted by Gasteiger charge is 2.39. The lowest BCUT2D eigenvalue weighted by Crippen LogP contribution is -2.44. The molecule has 7 nitrogen and oxygen atoms in total. The maximum Gasteiger partial charge on any atom is 0.263 e. The van der Waals surface area contributed by atoms with Gasteiger partial charge in [0.15, 0.2) is 0 Å². The molecule has 4 aromatic rings. The van der Waals surface area contributed by atoms with E-state index in [2.05, 4.69) is 39.5 Å². The molecule has 2 atom stereocenters. The van der Waals surface area contributed by atoms with Crippen molar-refractivity contribution in [2.45, 2.75) is 32.4 Å². The molecule has 1 aromatic heterocycles. The van der Waals surface area contributed by atoms with Crippen LogP contribution >= 0.6 is 0 Å². The van der Waals surface area contributed by atoms with Crippen molar-refractivity contribution in [3.8, 4) is 0 Å². The molecule has 0 aliphatic carbocycles. The van der Waals surface area contributed by atoms with Crippen molar-refractivity contribution in [1.82, 2.24) is 15.2 Å². The summed E-state index contributed by atoms with van der Waals surface area (Å²) in [4.78, 5) is 47.5. The number of pyridine rings is 1. The molecule has 196 valence electrons. The number of imide groups is 1. The summed E-state index contributed by atoms with van der Waals surface area (Å²) < 4.78 is 0. The number of benzene rings is 3. The maximum absolute atomic E-state index is 13.5. The zero-order valence-electron chi connectivity index (χ0n) is 21.8. The molecule has 0 radical (unpaired) electrons. The predicted molar refractivity (Wildman–Crippen MR) is 150 cm³/mol. The van der Waals surface area contributed by atoms with Crippen LogP contribution in [-0.2, 0) is 11.3 Å². The van der Waals surface area contributed by atoms with Crippen LogP contribution in [0.15, 0.2) is 85.2 Å². The van der Waals surface area contributed by atoms with Gasteiger partial charge in [-0.2, -0.15) is 0 Å². The number of fused-ring (bicyclic) bond motifs is 2. The van der Waals surface area contributed by atoms with Crippen LogP contribution in [0.2, 0.25) is 0 Å². The van der Waals surface area contributed by atoms with Crippen LogP contribution in [-0.4, -0.2) is 40.7 Å². The molecule has 1 N–H and O–H groups in total. The molecular weight excluding hydrogens is 488 g/mol. The van der Waals surface area contributed by atoms with E-state index in [0.29, 0.717) is 17.7 Å². The summed E-state index contributed by atoms with van der Waals surface area (Å²) in [7, 11) is 0. The molecule has 0 bridgehead atoms. The molecule has 2 aliphatic heterocycles. The summed E-state index contributed by atoms with van der Waals surface area (Å²) in [5.41, 5.74) is 3.51. The Labute approximate surface area is 227 Å². The lowest BCUT2D eigenvalue weighted by atomic mass is 9.94. The van der Waals surface area contributed by atoms with Crippen molar-refractivity contribution < 1.29 is 14.4 Å². The normalized spacial score (nSPS) is 17.8. The second-order valence-corrected chi connectivity index (χ2v) is 10.3. The SMILES string of the molecule is C[C@@H](NC(=O)[C@H]1CCCN(c2cccc3c2C(=O)N(Cc2ccncc2)C3=O)C1)c1cccc2ccccc12. The van der Waals surface area contributed by atoms with Gasteiger partial charge >= 0.3 is 0 Å². The molecule has 3 amide bonds. The number of hydrogen-bond acceptors (Lipinski definition) is 5. The van der Waals surface area contributed by atoms with E-state index in [1.807, 2.05) is 37.3 Å². The minimum atomic E-state index is -0.293. The van der Waals surface area contributed by atoms with Gasteiger partial charge in [-0.25, -0.2) is 0 Å². The van der Waals surface area contributed by atoms with Gasteiger partial charge in [0.25, 0.3) is 11.8 Å². The Morgan fingerprint density at radius 2 is 1.74 bits per heavy atom. The van der Waals surface area contributed by atoms with Gasteiger partial charge in [0.2, 0.25) is 5.91 Å². The van der Waals surface area contributed by atoms with E-state index < -0.39 is 0 Å². The molecule has 0 saturated carbocycles. The summed E-state index contributed by atoms with van der Waals surface area (Å²) in [6.45, 7) is 3.44. The Morgan fingerprint density at radius 3 is 2.59 bits per heavy atom. The van der Waals surface area contributed by atoms with Crippen molar-refractivity contribution in [2.24, 2.45) is 5.92 Å². The van der Waals surface area contributed by atoms with Crippen LogP contribution in [0.1, 0.15) is 57.7 Å². The zero-order valence-corrected chi connectivity index (χ0v) is 21.8. The number of anilines is 1. The fourth-order valence-electron chi connectivity index (χ4n) is 5.84. The molecule has 0 unspecified atom stereocenters. The van der Waals surface area contributed by atoms with Gasteiger partial charge < -0.3 is 10.2 Å². The highest BCUT2D eigenvalue weighted by molar-refractivity contribution is 6.23. The molecular formula is C32H30N4O3. The Bertz CT molecular complexity index is 1560. The molecule has 3 heterocycles. The molecule has 6 rings (SSSR count). The van der Waals surface area contributed by atoms with Crippen LogP contribution in [0.5, 0.6) is 0 Å². The molecule has 39 heavy (non-hydrogen) atoms. The number of nitrogens with one attached hydrogen (secondary N) is 1. The number of amides is 3. The highest BCUT2D eigenvalue weighted by atomic mass is 16.2. The van der Waals surface area contributed by atoms with E-state index in [1.54, 1.807) is 30.6 Å². The van der Waals surface area contributed by atoms with Crippen molar-refractivity contribution in [2.75, 3.05) is 18.0 Å². The van der Waals surface area contributed by atoms with E-state index in [4.69, 9.17) is 0 Å². The lowest BCUT2D eigenvalue weighted by Gasteiger charge is -2.35. The van der Waals surface area contributed by atoms with Gasteiger partial charge in [0.05, 0.1) is 35.3 Å². The molecule has 1 saturated heterocycles. The van der Waals surface area contributed by atoms with Crippen LogP contribution in [0, 0.1) is 5.92 Å². The predicted octanol–water partition coefficient (Wildman–Crippen LogP) is 5.12. The fourth-order valence-corrected chi connectivity index (χ4v) is 5.84. The monoisotopic (exact) mass is 518 g/mol. The molecule has 7 heteroatoms. The average Bonchev–Trinajstić information content (AvgIpc) is 3.22. The summed E-state index contributed by atoms with van der Waals surface area (Å²) >= 11 is 0. The number of piperidine rings is 1. The van der Waals surface area contributed by atoms with Crippen LogP contribution < -0.4 is 10.2 Å². The lowest BCUT2D eigenvalue weighted by molar-refractivity contribution is -0.125. The first-order chi connectivity index (χ1) is 19.0. The highest BCUT2D eigenvalue weighted by Crippen LogP contribution is 2.35. The van der Waals surface area contributed by atoms with E-state index in [0.717, 1.165) is 47.0 Å². The van der Waals surface area contributed by atoms with Crippen LogP contribution in [0.25, 0.3) is 10.8 Å². The van der Waals surface area contributed by atoms with E-state index in [-0.39, 0.29) is 36.2 Å². The van der Waals surface area contributed by atoms with Gasteiger partial charge in [-0.1, -0.05) is 48.5 Å². The zero-order chi connectivity index (χ0) is 26.9. The van der Waals surface area contributed by atoms with Crippen molar-refractivity contribution >= 4 is 34.2 Å². The van der Waals surface area contributed by atoms with Crippen LogP contribution in [0.4, 0.5) is 5.69 Å². The second kappa shape index (κ2) is 10.3. The van der Waals surface area contributed by atoms with E-state index in [9.17, 15) is 14.4 Å². The van der Waals surface area contributed by atoms with Gasteiger partial charge in [-0.05, 0) is 65.9 Å². The van der Waals surface area contributed by atoms with E-state index in [1.165, 1.54) is 4.90 Å². The van der Waals surface area contributed by atoms with Crippen molar-refractivity contribution in [3.05, 3.63) is 107 Å². The third-order valence-corrected chi connectivity index (χ3v) is 7.85. The molecule has 2 aliphatic rings. The number of carbonyl (C=O) groups is 3. The number of hydrogen-bond donors (Lipinski definition) is 1. The minimum Gasteiger partial charge on any atom is -0.370 e. The number of carbonyl (C=O) groups excluding carboxylic acids is 3. The second-order valence-electron chi connectivity index (χ2n) is 10.3. The fraction of sp³-hybridized carbons (Fsp3) is 0.250. The number of rotatable bonds is 6. The smallest absolute Gasteiger partial charge is 0.263 e. The number of nitrogens with zero attached hydrogens (tertiary/aromatic N) is 3. The molecule has 3 aromatic carbocycles.